The van der Waals surface area contributed by atoms with Crippen molar-refractivity contribution in [3.05, 3.63) is 16.1 Å². The number of nitrogens with zero attached hydrogens (tertiary/aromatic N) is 2. The van der Waals surface area contributed by atoms with Gasteiger partial charge in [-0.2, -0.15) is 0 Å². The van der Waals surface area contributed by atoms with Crippen LogP contribution in [-0.2, 0) is 13.0 Å². The van der Waals surface area contributed by atoms with E-state index in [1.54, 1.807) is 0 Å². The molecule has 1 aromatic rings. The molecule has 1 aliphatic heterocycles. The minimum Gasteiger partial charge on any atom is -0.311 e. The smallest absolute Gasteiger partial charge is 0.107 e. The highest BCUT2D eigenvalue weighted by atomic mass is 32.1. The lowest BCUT2D eigenvalue weighted by Gasteiger charge is -2.39. The molecule has 20 heavy (non-hydrogen) atoms. The van der Waals surface area contributed by atoms with Crippen molar-refractivity contribution >= 4 is 11.3 Å². The minimum atomic E-state index is 0.717. The Morgan fingerprint density at radius 3 is 2.95 bits per heavy atom. The summed E-state index contributed by atoms with van der Waals surface area (Å²) in [5, 5.41) is 5.06. The van der Waals surface area contributed by atoms with Crippen LogP contribution in [0.5, 0.6) is 0 Å². The summed E-state index contributed by atoms with van der Waals surface area (Å²) in [5.41, 5.74) is 0. The predicted molar refractivity (Wildman–Crippen MR) is 85.1 cm³/mol. The fourth-order valence-corrected chi connectivity index (χ4v) is 4.52. The highest BCUT2D eigenvalue weighted by Gasteiger charge is 2.28. The van der Waals surface area contributed by atoms with Crippen molar-refractivity contribution in [2.75, 3.05) is 19.6 Å². The number of aromatic nitrogens is 1. The topological polar surface area (TPSA) is 28.2 Å². The quantitative estimate of drug-likeness (QED) is 0.925. The van der Waals surface area contributed by atoms with E-state index in [2.05, 4.69) is 28.3 Å². The molecule has 1 unspecified atom stereocenters. The lowest BCUT2D eigenvalue weighted by atomic mass is 9.83. The van der Waals surface area contributed by atoms with Gasteiger partial charge >= 0.3 is 0 Å². The summed E-state index contributed by atoms with van der Waals surface area (Å²) < 4.78 is 0. The van der Waals surface area contributed by atoms with Crippen LogP contribution >= 0.6 is 11.3 Å². The monoisotopic (exact) mass is 293 g/mol. The zero-order valence-corrected chi connectivity index (χ0v) is 13.4. The Labute approximate surface area is 126 Å². The summed E-state index contributed by atoms with van der Waals surface area (Å²) in [6.07, 6.45) is 10.4. The van der Waals surface area contributed by atoms with E-state index in [9.17, 15) is 0 Å². The third kappa shape index (κ3) is 3.60. The van der Waals surface area contributed by atoms with Crippen molar-refractivity contribution in [1.29, 1.82) is 0 Å². The number of hydrogen-bond acceptors (Lipinski definition) is 4. The number of rotatable bonds is 4. The fourth-order valence-electron chi connectivity index (χ4n) is 3.61. The van der Waals surface area contributed by atoms with Crippen molar-refractivity contribution in [3.63, 3.8) is 0 Å². The van der Waals surface area contributed by atoms with Crippen LogP contribution in [0.2, 0.25) is 0 Å². The molecule has 2 fully saturated rings. The average Bonchev–Trinajstić information content (AvgIpc) is 2.96. The first-order chi connectivity index (χ1) is 9.85. The largest absolute Gasteiger partial charge is 0.311 e. The summed E-state index contributed by atoms with van der Waals surface area (Å²) >= 11 is 1.89. The first-order valence-corrected chi connectivity index (χ1v) is 9.06. The molecule has 0 spiro atoms. The molecule has 0 amide bonds. The summed E-state index contributed by atoms with van der Waals surface area (Å²) in [6.45, 7) is 6.79. The number of hydrogen-bond donors (Lipinski definition) is 1. The van der Waals surface area contributed by atoms with Gasteiger partial charge in [0, 0.05) is 36.8 Å². The summed E-state index contributed by atoms with van der Waals surface area (Å²) in [6, 6.07) is 0.717. The van der Waals surface area contributed by atoms with Gasteiger partial charge in [0.05, 0.1) is 6.54 Å². The Kier molecular flexibility index (Phi) is 5.08. The highest BCUT2D eigenvalue weighted by Crippen LogP contribution is 2.28. The van der Waals surface area contributed by atoms with Gasteiger partial charge in [0.1, 0.15) is 5.01 Å². The van der Waals surface area contributed by atoms with Crippen LogP contribution in [0.4, 0.5) is 0 Å². The number of nitrogens with one attached hydrogen (secondary N) is 1. The molecule has 3 rings (SSSR count). The lowest BCUT2D eigenvalue weighted by molar-refractivity contribution is 0.141. The molecule has 1 atom stereocenters. The molecule has 1 saturated carbocycles. The Bertz CT molecular complexity index is 412. The highest BCUT2D eigenvalue weighted by molar-refractivity contribution is 7.11. The maximum absolute atomic E-state index is 4.58. The standard InChI is InChI=1S/C16H27N3S/c1-2-14-10-18-16(20-14)12-19-9-8-17-15(11-19)13-6-4-3-5-7-13/h10,13,15,17H,2-9,11-12H2,1H3. The number of piperazine rings is 1. The molecule has 112 valence electrons. The van der Waals surface area contributed by atoms with Crippen LogP contribution in [0.3, 0.4) is 0 Å². The van der Waals surface area contributed by atoms with Gasteiger partial charge in [0.15, 0.2) is 0 Å². The van der Waals surface area contributed by atoms with Gasteiger partial charge in [0.2, 0.25) is 0 Å². The molecule has 3 nitrogen and oxygen atoms in total. The number of aryl methyl sites for hydroxylation is 1. The Morgan fingerprint density at radius 2 is 2.20 bits per heavy atom. The van der Waals surface area contributed by atoms with Crippen LogP contribution in [0.25, 0.3) is 0 Å². The molecule has 2 aliphatic rings. The molecule has 0 aromatic carbocycles. The molecule has 0 radical (unpaired) electrons. The molecule has 1 N–H and O–H groups in total. The lowest BCUT2D eigenvalue weighted by Crippen LogP contribution is -2.53. The first kappa shape index (κ1) is 14.5. The van der Waals surface area contributed by atoms with Crippen LogP contribution in [0.1, 0.15) is 48.9 Å². The summed E-state index contributed by atoms with van der Waals surface area (Å²) in [5.74, 6) is 0.911. The van der Waals surface area contributed by atoms with Crippen molar-refractivity contribution in [3.8, 4) is 0 Å². The Balaban J connectivity index is 1.54. The second-order valence-electron chi connectivity index (χ2n) is 6.27. The van der Waals surface area contributed by atoms with Gasteiger partial charge in [-0.3, -0.25) is 4.90 Å². The third-order valence-electron chi connectivity index (χ3n) is 4.82. The van der Waals surface area contributed by atoms with Gasteiger partial charge < -0.3 is 5.32 Å². The summed E-state index contributed by atoms with van der Waals surface area (Å²) in [7, 11) is 0. The molecule has 1 saturated heterocycles. The average molecular weight is 293 g/mol. The van der Waals surface area contributed by atoms with Crippen LogP contribution in [0.15, 0.2) is 6.20 Å². The van der Waals surface area contributed by atoms with E-state index < -0.39 is 0 Å². The van der Waals surface area contributed by atoms with Crippen LogP contribution in [-0.4, -0.2) is 35.6 Å². The van der Waals surface area contributed by atoms with E-state index in [0.717, 1.165) is 31.5 Å². The first-order valence-electron chi connectivity index (χ1n) is 8.24. The third-order valence-corrected chi connectivity index (χ3v) is 5.94. The van der Waals surface area contributed by atoms with Crippen molar-refractivity contribution < 1.29 is 0 Å². The van der Waals surface area contributed by atoms with Crippen molar-refractivity contribution in [2.45, 2.75) is 58.0 Å². The van der Waals surface area contributed by atoms with Gasteiger partial charge in [-0.1, -0.05) is 26.2 Å². The van der Waals surface area contributed by atoms with E-state index in [-0.39, 0.29) is 0 Å². The number of thiazole rings is 1. The molecule has 2 heterocycles. The van der Waals surface area contributed by atoms with Gasteiger partial charge in [-0.25, -0.2) is 4.98 Å². The van der Waals surface area contributed by atoms with E-state index >= 15 is 0 Å². The second-order valence-corrected chi connectivity index (χ2v) is 7.47. The van der Waals surface area contributed by atoms with Crippen LogP contribution < -0.4 is 5.32 Å². The zero-order valence-electron chi connectivity index (χ0n) is 12.6. The van der Waals surface area contributed by atoms with Gasteiger partial charge in [-0.05, 0) is 25.2 Å². The molecular weight excluding hydrogens is 266 g/mol. The fraction of sp³-hybridized carbons (Fsp3) is 0.812. The predicted octanol–water partition coefficient (Wildman–Crippen LogP) is 3.06. The van der Waals surface area contributed by atoms with Crippen molar-refractivity contribution in [1.82, 2.24) is 15.2 Å². The molecule has 1 aromatic heterocycles. The Morgan fingerprint density at radius 1 is 1.35 bits per heavy atom. The minimum absolute atomic E-state index is 0.717. The van der Waals surface area contributed by atoms with E-state index in [1.165, 1.54) is 55.1 Å². The SMILES string of the molecule is CCc1cnc(CN2CCNC(C3CCCCC3)C2)s1. The Hall–Kier alpha value is -0.450. The van der Waals surface area contributed by atoms with E-state index in [0.29, 0.717) is 0 Å². The van der Waals surface area contributed by atoms with E-state index in [4.69, 9.17) is 0 Å². The molecule has 1 aliphatic carbocycles. The normalized spacial score (nSPS) is 25.9. The molecule has 0 bridgehead atoms. The maximum atomic E-state index is 4.58. The molecule has 4 heteroatoms. The van der Waals surface area contributed by atoms with E-state index in [1.807, 2.05) is 11.3 Å². The van der Waals surface area contributed by atoms with Gasteiger partial charge in [0.25, 0.3) is 0 Å². The zero-order chi connectivity index (χ0) is 13.8. The maximum Gasteiger partial charge on any atom is 0.107 e. The summed E-state index contributed by atoms with van der Waals surface area (Å²) in [4.78, 5) is 8.60. The van der Waals surface area contributed by atoms with Crippen LogP contribution in [0, 0.1) is 5.92 Å². The van der Waals surface area contributed by atoms with Crippen molar-refractivity contribution in [2.24, 2.45) is 5.92 Å². The second kappa shape index (κ2) is 7.01. The van der Waals surface area contributed by atoms with Gasteiger partial charge in [-0.15, -0.1) is 11.3 Å². The molecular formula is C16H27N3S.